The van der Waals surface area contributed by atoms with Crippen LogP contribution in [-0.4, -0.2) is 59.8 Å². The number of piperidine rings is 1. The van der Waals surface area contributed by atoms with E-state index in [2.05, 4.69) is 17.2 Å². The lowest BCUT2D eigenvalue weighted by molar-refractivity contribution is -0.134. The molecule has 1 saturated heterocycles. The fourth-order valence-electron chi connectivity index (χ4n) is 2.77. The van der Waals surface area contributed by atoms with Crippen molar-refractivity contribution in [3.8, 4) is 0 Å². The second-order valence-electron chi connectivity index (χ2n) is 6.53. The minimum absolute atomic E-state index is 0.0975. The number of likely N-dealkylation sites (tertiary alicyclic amines) is 1. The maximum Gasteiger partial charge on any atom is 0.239 e. The van der Waals surface area contributed by atoms with Crippen LogP contribution in [0.1, 0.15) is 25.3 Å². The fraction of sp³-hybridized carbons (Fsp3) is 0.588. The zero-order chi connectivity index (χ0) is 16.8. The second kappa shape index (κ2) is 8.06. The molecule has 126 valence electrons. The Morgan fingerprint density at radius 3 is 2.83 bits per heavy atom. The van der Waals surface area contributed by atoms with E-state index in [1.54, 1.807) is 24.2 Å². The average Bonchev–Trinajstić information content (AvgIpc) is 2.49. The van der Waals surface area contributed by atoms with Crippen LogP contribution in [0.25, 0.3) is 0 Å². The Kier molecular flexibility index (Phi) is 6.10. The summed E-state index contributed by atoms with van der Waals surface area (Å²) in [5.74, 6) is 1.03. The van der Waals surface area contributed by atoms with Crippen molar-refractivity contribution in [3.05, 3.63) is 23.9 Å². The first-order valence-corrected chi connectivity index (χ1v) is 8.13. The van der Waals surface area contributed by atoms with Crippen molar-refractivity contribution in [2.24, 2.45) is 5.92 Å². The van der Waals surface area contributed by atoms with Crippen molar-refractivity contribution in [2.45, 2.75) is 26.7 Å². The molecule has 0 aliphatic carbocycles. The first kappa shape index (κ1) is 17.4. The van der Waals surface area contributed by atoms with Crippen molar-refractivity contribution in [1.29, 1.82) is 0 Å². The normalized spacial score (nSPS) is 18.1. The van der Waals surface area contributed by atoms with Gasteiger partial charge in [-0.25, -0.2) is 4.98 Å². The van der Waals surface area contributed by atoms with Crippen LogP contribution in [0, 0.1) is 12.8 Å². The third-order valence-electron chi connectivity index (χ3n) is 4.01. The number of carbonyl (C=O) groups is 2. The van der Waals surface area contributed by atoms with Crippen LogP contribution in [0.4, 0.5) is 5.82 Å². The number of nitrogens with zero attached hydrogens (tertiary/aromatic N) is 3. The number of carbonyl (C=O) groups excluding carboxylic acids is 2. The van der Waals surface area contributed by atoms with E-state index in [4.69, 9.17) is 0 Å². The lowest BCUT2D eigenvalue weighted by Gasteiger charge is -2.32. The van der Waals surface area contributed by atoms with Crippen molar-refractivity contribution in [3.63, 3.8) is 0 Å². The van der Waals surface area contributed by atoms with Gasteiger partial charge >= 0.3 is 0 Å². The zero-order valence-corrected chi connectivity index (χ0v) is 14.2. The highest BCUT2D eigenvalue weighted by atomic mass is 16.2. The Morgan fingerprint density at radius 2 is 2.17 bits per heavy atom. The number of pyridine rings is 1. The molecule has 1 aliphatic rings. The lowest BCUT2D eigenvalue weighted by atomic mass is 10.0. The summed E-state index contributed by atoms with van der Waals surface area (Å²) in [6.45, 7) is 6.21. The molecule has 1 aromatic rings. The van der Waals surface area contributed by atoms with Crippen LogP contribution in [0.15, 0.2) is 18.3 Å². The van der Waals surface area contributed by atoms with E-state index in [0.29, 0.717) is 11.7 Å². The molecular formula is C17H26N4O2. The molecule has 23 heavy (non-hydrogen) atoms. The SMILES string of the molecule is Cc1ccc(NC(=O)CN(C)CC(=O)N2CCC[C@@H](C)C2)nc1. The third kappa shape index (κ3) is 5.63. The molecule has 1 N–H and O–H groups in total. The van der Waals surface area contributed by atoms with Gasteiger partial charge in [0, 0.05) is 19.3 Å². The predicted octanol–water partition coefficient (Wildman–Crippen LogP) is 1.52. The van der Waals surface area contributed by atoms with E-state index >= 15 is 0 Å². The highest BCUT2D eigenvalue weighted by Gasteiger charge is 2.22. The molecule has 1 atom stereocenters. The van der Waals surface area contributed by atoms with Crippen molar-refractivity contribution < 1.29 is 9.59 Å². The Hall–Kier alpha value is -1.95. The van der Waals surface area contributed by atoms with Crippen LogP contribution >= 0.6 is 0 Å². The van der Waals surface area contributed by atoms with Gasteiger partial charge in [-0.3, -0.25) is 14.5 Å². The van der Waals surface area contributed by atoms with E-state index in [-0.39, 0.29) is 24.9 Å². The number of hydrogen-bond donors (Lipinski definition) is 1. The Bertz CT molecular complexity index is 544. The van der Waals surface area contributed by atoms with E-state index in [1.807, 2.05) is 17.9 Å². The van der Waals surface area contributed by atoms with E-state index < -0.39 is 0 Å². The Labute approximate surface area is 137 Å². The van der Waals surface area contributed by atoms with Gasteiger partial charge in [-0.2, -0.15) is 0 Å². The van der Waals surface area contributed by atoms with Crippen molar-refractivity contribution >= 4 is 17.6 Å². The van der Waals surface area contributed by atoms with Crippen LogP contribution in [0.3, 0.4) is 0 Å². The number of amides is 2. The van der Waals surface area contributed by atoms with Gasteiger partial charge < -0.3 is 10.2 Å². The van der Waals surface area contributed by atoms with Crippen LogP contribution < -0.4 is 5.32 Å². The van der Waals surface area contributed by atoms with Gasteiger partial charge in [-0.15, -0.1) is 0 Å². The minimum Gasteiger partial charge on any atom is -0.341 e. The summed E-state index contributed by atoms with van der Waals surface area (Å²) >= 11 is 0. The number of aryl methyl sites for hydroxylation is 1. The molecule has 6 nitrogen and oxygen atoms in total. The summed E-state index contributed by atoms with van der Waals surface area (Å²) in [5, 5.41) is 2.74. The van der Waals surface area contributed by atoms with Gasteiger partial charge in [0.1, 0.15) is 5.82 Å². The molecule has 1 aromatic heterocycles. The third-order valence-corrected chi connectivity index (χ3v) is 4.01. The van der Waals surface area contributed by atoms with Gasteiger partial charge in [0.15, 0.2) is 0 Å². The molecule has 1 aliphatic heterocycles. The molecule has 2 rings (SSSR count). The molecule has 0 radical (unpaired) electrons. The minimum atomic E-state index is -0.163. The van der Waals surface area contributed by atoms with Gasteiger partial charge in [-0.05, 0) is 44.4 Å². The molecule has 0 saturated carbocycles. The van der Waals surface area contributed by atoms with E-state index in [0.717, 1.165) is 25.1 Å². The topological polar surface area (TPSA) is 65.5 Å². The highest BCUT2D eigenvalue weighted by Crippen LogP contribution is 2.15. The molecule has 2 heterocycles. The number of anilines is 1. The smallest absolute Gasteiger partial charge is 0.239 e. The standard InChI is InChI=1S/C17H26N4O2/c1-13-6-7-15(18-9-13)19-16(22)11-20(3)12-17(23)21-8-4-5-14(2)10-21/h6-7,9,14H,4-5,8,10-12H2,1-3H3,(H,18,19,22)/t14-/m1/s1. The second-order valence-corrected chi connectivity index (χ2v) is 6.53. The molecule has 2 amide bonds. The molecule has 0 aromatic carbocycles. The molecule has 6 heteroatoms. The van der Waals surface area contributed by atoms with Gasteiger partial charge in [-0.1, -0.05) is 13.0 Å². The van der Waals surface area contributed by atoms with Crippen LogP contribution in [0.5, 0.6) is 0 Å². The van der Waals surface area contributed by atoms with Gasteiger partial charge in [0.2, 0.25) is 11.8 Å². The molecule has 0 spiro atoms. The van der Waals surface area contributed by atoms with E-state index in [1.165, 1.54) is 6.42 Å². The first-order valence-electron chi connectivity index (χ1n) is 8.13. The van der Waals surface area contributed by atoms with Crippen molar-refractivity contribution in [2.75, 3.05) is 38.5 Å². The first-order chi connectivity index (χ1) is 10.9. The summed E-state index contributed by atoms with van der Waals surface area (Å²) < 4.78 is 0. The van der Waals surface area contributed by atoms with Crippen LogP contribution in [0.2, 0.25) is 0 Å². The molecule has 1 fully saturated rings. The number of hydrogen-bond acceptors (Lipinski definition) is 4. The predicted molar refractivity (Wildman–Crippen MR) is 90.1 cm³/mol. The monoisotopic (exact) mass is 318 g/mol. The summed E-state index contributed by atoms with van der Waals surface area (Å²) in [6.07, 6.45) is 3.96. The largest absolute Gasteiger partial charge is 0.341 e. The fourth-order valence-corrected chi connectivity index (χ4v) is 2.77. The number of aromatic nitrogens is 1. The Morgan fingerprint density at radius 1 is 1.39 bits per heavy atom. The summed E-state index contributed by atoms with van der Waals surface area (Å²) in [6, 6.07) is 3.67. The van der Waals surface area contributed by atoms with Gasteiger partial charge in [0.25, 0.3) is 0 Å². The maximum atomic E-state index is 12.3. The molecule has 0 unspecified atom stereocenters. The maximum absolute atomic E-state index is 12.3. The summed E-state index contributed by atoms with van der Waals surface area (Å²) in [7, 11) is 1.79. The quantitative estimate of drug-likeness (QED) is 0.894. The molecule has 0 bridgehead atoms. The lowest BCUT2D eigenvalue weighted by Crippen LogP contribution is -2.45. The summed E-state index contributed by atoms with van der Waals surface area (Å²) in [5.41, 5.74) is 1.04. The van der Waals surface area contributed by atoms with Gasteiger partial charge in [0.05, 0.1) is 13.1 Å². The Balaban J connectivity index is 1.77. The highest BCUT2D eigenvalue weighted by molar-refractivity contribution is 5.91. The number of nitrogens with one attached hydrogen (secondary N) is 1. The number of rotatable bonds is 5. The number of likely N-dealkylation sites (N-methyl/N-ethyl adjacent to an activating group) is 1. The summed E-state index contributed by atoms with van der Waals surface area (Å²) in [4.78, 5) is 32.1. The van der Waals surface area contributed by atoms with Crippen LogP contribution in [-0.2, 0) is 9.59 Å². The van der Waals surface area contributed by atoms with Crippen molar-refractivity contribution in [1.82, 2.24) is 14.8 Å². The van der Waals surface area contributed by atoms with E-state index in [9.17, 15) is 9.59 Å². The average molecular weight is 318 g/mol. The zero-order valence-electron chi connectivity index (χ0n) is 14.2. The molecular weight excluding hydrogens is 292 g/mol.